The lowest BCUT2D eigenvalue weighted by Crippen LogP contribution is -1.75. The van der Waals surface area contributed by atoms with Crippen molar-refractivity contribution in [2.45, 2.75) is 0 Å². The molecule has 0 atom stereocenters. The highest BCUT2D eigenvalue weighted by molar-refractivity contribution is 14.1. The largest absolute Gasteiger partial charge is 0.0622 e. The summed E-state index contributed by atoms with van der Waals surface area (Å²) in [5.41, 5.74) is 2.51. The van der Waals surface area contributed by atoms with E-state index in [0.717, 1.165) is 0 Å². The fourth-order valence-corrected chi connectivity index (χ4v) is 2.61. The first kappa shape index (κ1) is 13.8. The van der Waals surface area contributed by atoms with Crippen LogP contribution < -0.4 is 0 Å². The summed E-state index contributed by atoms with van der Waals surface area (Å²) in [6, 6.07) is 20.8. The van der Waals surface area contributed by atoms with Gasteiger partial charge in [-0.05, 0) is 68.5 Å². The highest BCUT2D eigenvalue weighted by atomic mass is 127. The molecular weight excluding hydrogens is 446 g/mol. The second kappa shape index (κ2) is 7.09. The van der Waals surface area contributed by atoms with Gasteiger partial charge in [0.05, 0.1) is 0 Å². The van der Waals surface area contributed by atoms with Gasteiger partial charge in [0.15, 0.2) is 0 Å². The highest BCUT2D eigenvalue weighted by Gasteiger charge is 1.96. The first-order chi connectivity index (χ1) is 8.77. The Kier molecular flexibility index (Phi) is 5.44. The molecule has 0 aliphatic heterocycles. The van der Waals surface area contributed by atoms with Crippen LogP contribution in [-0.2, 0) is 0 Å². The van der Waals surface area contributed by atoms with Crippen molar-refractivity contribution in [3.63, 3.8) is 0 Å². The van der Waals surface area contributed by atoms with E-state index >= 15 is 0 Å². The molecule has 0 unspecified atom stereocenters. The van der Waals surface area contributed by atoms with Crippen LogP contribution in [0.15, 0.2) is 72.8 Å². The lowest BCUT2D eigenvalue weighted by Gasteiger charge is -1.99. The maximum absolute atomic E-state index is 2.37. The Balaban J connectivity index is 2.20. The maximum atomic E-state index is 2.37. The van der Waals surface area contributed by atoms with E-state index in [2.05, 4.69) is 106 Å². The van der Waals surface area contributed by atoms with E-state index in [0.29, 0.717) is 0 Å². The number of rotatable bonds is 3. The van der Waals surface area contributed by atoms with Crippen LogP contribution in [0.1, 0.15) is 11.1 Å². The van der Waals surface area contributed by atoms with Crippen molar-refractivity contribution in [1.29, 1.82) is 0 Å². The number of hydrogen-bond acceptors (Lipinski definition) is 0. The topological polar surface area (TPSA) is 0 Å². The normalized spacial score (nSPS) is 12.6. The highest BCUT2D eigenvalue weighted by Crippen LogP contribution is 2.25. The molecule has 0 bridgehead atoms. The summed E-state index contributed by atoms with van der Waals surface area (Å²) in [4.78, 5) is 0. The molecule has 2 aromatic rings. The van der Waals surface area contributed by atoms with Crippen LogP contribution in [0.4, 0.5) is 0 Å². The van der Waals surface area contributed by atoms with Gasteiger partial charge in [-0.15, -0.1) is 0 Å². The SMILES string of the molecule is I/C(=C/C=C(/I)c1ccccc1)c1ccccc1. The third kappa shape index (κ3) is 3.95. The number of allylic oxidation sites excluding steroid dienone is 2. The summed E-state index contributed by atoms with van der Waals surface area (Å²) in [6.45, 7) is 0. The van der Waals surface area contributed by atoms with E-state index in [1.165, 1.54) is 18.3 Å². The van der Waals surface area contributed by atoms with E-state index in [4.69, 9.17) is 0 Å². The molecule has 0 amide bonds. The average molecular weight is 458 g/mol. The molecule has 0 aromatic heterocycles. The Morgan fingerprint density at radius 1 is 0.611 bits per heavy atom. The molecule has 0 radical (unpaired) electrons. The van der Waals surface area contributed by atoms with Gasteiger partial charge in [-0.1, -0.05) is 60.7 Å². The quantitative estimate of drug-likeness (QED) is 0.395. The molecule has 90 valence electrons. The van der Waals surface area contributed by atoms with Crippen LogP contribution in [0.5, 0.6) is 0 Å². The Bertz CT molecular complexity index is 501. The molecule has 0 N–H and O–H groups in total. The fourth-order valence-electron chi connectivity index (χ4n) is 1.53. The number of benzene rings is 2. The lowest BCUT2D eigenvalue weighted by molar-refractivity contribution is 1.65. The molecule has 2 rings (SSSR count). The Morgan fingerprint density at radius 2 is 0.944 bits per heavy atom. The summed E-state index contributed by atoms with van der Waals surface area (Å²) < 4.78 is 2.50. The van der Waals surface area contributed by atoms with Crippen molar-refractivity contribution in [1.82, 2.24) is 0 Å². The van der Waals surface area contributed by atoms with Crippen LogP contribution in [0, 0.1) is 0 Å². The molecule has 2 heteroatoms. The first-order valence-corrected chi connectivity index (χ1v) is 7.77. The molecule has 0 saturated carbocycles. The van der Waals surface area contributed by atoms with Crippen molar-refractivity contribution in [2.24, 2.45) is 0 Å². The smallest absolute Gasteiger partial charge is 0.0203 e. The van der Waals surface area contributed by atoms with Gasteiger partial charge in [0.25, 0.3) is 0 Å². The molecule has 0 fully saturated rings. The van der Waals surface area contributed by atoms with E-state index in [1.54, 1.807) is 0 Å². The van der Waals surface area contributed by atoms with Gasteiger partial charge in [-0.2, -0.15) is 0 Å². The fraction of sp³-hybridized carbons (Fsp3) is 0. The van der Waals surface area contributed by atoms with Gasteiger partial charge >= 0.3 is 0 Å². The van der Waals surface area contributed by atoms with Gasteiger partial charge in [-0.25, -0.2) is 0 Å². The van der Waals surface area contributed by atoms with Crippen molar-refractivity contribution in [3.8, 4) is 0 Å². The minimum atomic E-state index is 1.25. The standard InChI is InChI=1S/C16H12I2/c17-15(13-7-3-1-4-8-13)11-12-16(18)14-9-5-2-6-10-14/h1-12H/b15-11+,16-12+. The summed E-state index contributed by atoms with van der Waals surface area (Å²) in [6.07, 6.45) is 4.31. The summed E-state index contributed by atoms with van der Waals surface area (Å²) in [5, 5.41) is 0. The number of hydrogen-bond donors (Lipinski definition) is 0. The van der Waals surface area contributed by atoms with Gasteiger partial charge in [0.1, 0.15) is 0 Å². The second-order valence-corrected chi connectivity index (χ2v) is 6.09. The predicted octanol–water partition coefficient (Wildman–Crippen LogP) is 5.94. The Hall–Kier alpha value is -0.620. The van der Waals surface area contributed by atoms with E-state index < -0.39 is 0 Å². The van der Waals surface area contributed by atoms with Gasteiger partial charge in [-0.3, -0.25) is 0 Å². The maximum Gasteiger partial charge on any atom is 0.0203 e. The third-order valence-corrected chi connectivity index (χ3v) is 4.44. The Morgan fingerprint density at radius 3 is 1.28 bits per heavy atom. The molecule has 0 spiro atoms. The van der Waals surface area contributed by atoms with Crippen molar-refractivity contribution >= 4 is 52.3 Å². The van der Waals surface area contributed by atoms with E-state index in [1.807, 2.05) is 12.1 Å². The zero-order valence-electron chi connectivity index (χ0n) is 9.68. The van der Waals surface area contributed by atoms with Crippen molar-refractivity contribution < 1.29 is 0 Å². The molecular formula is C16H12I2. The average Bonchev–Trinajstić information content (AvgIpc) is 2.46. The van der Waals surface area contributed by atoms with Crippen LogP contribution in [0.2, 0.25) is 0 Å². The minimum Gasteiger partial charge on any atom is -0.0622 e. The third-order valence-electron chi connectivity index (χ3n) is 2.48. The van der Waals surface area contributed by atoms with Crippen molar-refractivity contribution in [3.05, 3.63) is 83.9 Å². The van der Waals surface area contributed by atoms with E-state index in [-0.39, 0.29) is 0 Å². The lowest BCUT2D eigenvalue weighted by atomic mass is 10.2. The van der Waals surface area contributed by atoms with Crippen LogP contribution >= 0.6 is 45.2 Å². The van der Waals surface area contributed by atoms with Crippen LogP contribution in [-0.4, -0.2) is 0 Å². The Labute approximate surface area is 135 Å². The van der Waals surface area contributed by atoms with Crippen LogP contribution in [0.3, 0.4) is 0 Å². The van der Waals surface area contributed by atoms with Gasteiger partial charge in [0.2, 0.25) is 0 Å². The predicted molar refractivity (Wildman–Crippen MR) is 96.9 cm³/mol. The molecule has 0 aliphatic rings. The molecule has 0 heterocycles. The summed E-state index contributed by atoms with van der Waals surface area (Å²) in [5.74, 6) is 0. The first-order valence-electron chi connectivity index (χ1n) is 5.61. The van der Waals surface area contributed by atoms with Gasteiger partial charge in [0, 0.05) is 7.16 Å². The monoisotopic (exact) mass is 458 g/mol. The molecule has 18 heavy (non-hydrogen) atoms. The molecule has 2 aromatic carbocycles. The number of halogens is 2. The van der Waals surface area contributed by atoms with E-state index in [9.17, 15) is 0 Å². The summed E-state index contributed by atoms with van der Waals surface area (Å²) >= 11 is 4.75. The zero-order chi connectivity index (χ0) is 12.8. The molecule has 0 saturated heterocycles. The second-order valence-electron chi connectivity index (χ2n) is 3.76. The molecule has 0 aliphatic carbocycles. The molecule has 0 nitrogen and oxygen atoms in total. The van der Waals surface area contributed by atoms with Gasteiger partial charge < -0.3 is 0 Å². The zero-order valence-corrected chi connectivity index (χ0v) is 14.0. The summed E-state index contributed by atoms with van der Waals surface area (Å²) in [7, 11) is 0. The van der Waals surface area contributed by atoms with Crippen LogP contribution in [0.25, 0.3) is 7.16 Å². The minimum absolute atomic E-state index is 1.25. The van der Waals surface area contributed by atoms with Crippen molar-refractivity contribution in [2.75, 3.05) is 0 Å².